The maximum absolute atomic E-state index is 12.0. The number of nitrogens with zero attached hydrogens (tertiary/aromatic N) is 1. The summed E-state index contributed by atoms with van der Waals surface area (Å²) in [5.41, 5.74) is 0.283. The minimum Gasteiger partial charge on any atom is -0.465 e. The molecule has 0 saturated heterocycles. The Labute approximate surface area is 130 Å². The molecule has 8 heteroatoms. The molecule has 0 fully saturated rings. The van der Waals surface area contributed by atoms with Crippen molar-refractivity contribution in [2.75, 3.05) is 12.4 Å². The normalized spacial score (nSPS) is 10.2. The number of esters is 1. The van der Waals surface area contributed by atoms with Crippen LogP contribution in [-0.4, -0.2) is 28.5 Å². The molecular formula is C15H15N3O5. The van der Waals surface area contributed by atoms with Crippen LogP contribution in [0, 0.1) is 6.92 Å². The highest BCUT2D eigenvalue weighted by molar-refractivity contribution is 5.95. The Morgan fingerprint density at radius 3 is 2.65 bits per heavy atom. The van der Waals surface area contributed by atoms with Crippen LogP contribution in [0.1, 0.15) is 15.9 Å². The minimum absolute atomic E-state index is 0.266. The highest BCUT2D eigenvalue weighted by Gasteiger charge is 2.11. The van der Waals surface area contributed by atoms with E-state index in [1.807, 2.05) is 0 Å². The van der Waals surface area contributed by atoms with Gasteiger partial charge in [0.2, 0.25) is 5.91 Å². The molecule has 8 nitrogen and oxygen atoms in total. The fourth-order valence-electron chi connectivity index (χ4n) is 1.91. The molecule has 1 heterocycles. The number of ether oxygens (including phenoxy) is 1. The topological polar surface area (TPSA) is 110 Å². The molecule has 1 amide bonds. The third-order valence-electron chi connectivity index (χ3n) is 3.14. The van der Waals surface area contributed by atoms with Gasteiger partial charge in [0.1, 0.15) is 6.54 Å². The van der Waals surface area contributed by atoms with Gasteiger partial charge in [-0.3, -0.25) is 19.1 Å². The molecule has 1 aromatic carbocycles. The number of aryl methyl sites for hydroxylation is 1. The summed E-state index contributed by atoms with van der Waals surface area (Å²) in [4.78, 5) is 48.1. The Bertz CT molecular complexity index is 866. The van der Waals surface area contributed by atoms with Crippen LogP contribution in [0.25, 0.3) is 0 Å². The molecule has 0 atom stereocenters. The zero-order valence-corrected chi connectivity index (χ0v) is 12.6. The number of H-pyrrole nitrogens is 1. The van der Waals surface area contributed by atoms with Crippen molar-refractivity contribution in [3.8, 4) is 0 Å². The van der Waals surface area contributed by atoms with Crippen LogP contribution < -0.4 is 16.6 Å². The molecular weight excluding hydrogens is 302 g/mol. The number of aromatic nitrogens is 2. The second-order valence-electron chi connectivity index (χ2n) is 4.81. The average molecular weight is 317 g/mol. The van der Waals surface area contributed by atoms with Crippen molar-refractivity contribution in [3.63, 3.8) is 0 Å². The molecule has 0 aliphatic heterocycles. The zero-order valence-electron chi connectivity index (χ0n) is 12.6. The number of anilines is 1. The SMILES string of the molecule is COC(=O)c1ccc(C)c(NC(=O)Cn2ccc(=O)[nH]c2=O)c1. The number of benzene rings is 1. The highest BCUT2D eigenvalue weighted by atomic mass is 16.5. The van der Waals surface area contributed by atoms with Gasteiger partial charge in [-0.1, -0.05) is 6.07 Å². The number of rotatable bonds is 4. The Morgan fingerprint density at radius 2 is 2.00 bits per heavy atom. The summed E-state index contributed by atoms with van der Waals surface area (Å²) in [5, 5.41) is 2.62. The van der Waals surface area contributed by atoms with Gasteiger partial charge in [-0.15, -0.1) is 0 Å². The number of hydrogen-bond donors (Lipinski definition) is 2. The molecule has 0 saturated carbocycles. The maximum atomic E-state index is 12.0. The van der Waals surface area contributed by atoms with Gasteiger partial charge in [-0.25, -0.2) is 9.59 Å². The fraction of sp³-hybridized carbons (Fsp3) is 0.200. The monoisotopic (exact) mass is 317 g/mol. The van der Waals surface area contributed by atoms with Crippen LogP contribution in [0.2, 0.25) is 0 Å². The summed E-state index contributed by atoms with van der Waals surface area (Å²) < 4.78 is 5.69. The predicted molar refractivity (Wildman–Crippen MR) is 82.5 cm³/mol. The van der Waals surface area contributed by atoms with Gasteiger partial charge in [-0.2, -0.15) is 0 Å². The van der Waals surface area contributed by atoms with E-state index in [-0.39, 0.29) is 6.54 Å². The first-order valence-corrected chi connectivity index (χ1v) is 6.69. The number of amides is 1. The first-order valence-electron chi connectivity index (χ1n) is 6.69. The van der Waals surface area contributed by atoms with Gasteiger partial charge in [0.25, 0.3) is 5.56 Å². The molecule has 0 radical (unpaired) electrons. The third kappa shape index (κ3) is 3.94. The van der Waals surface area contributed by atoms with Crippen LogP contribution in [0.3, 0.4) is 0 Å². The molecule has 0 spiro atoms. The van der Waals surface area contributed by atoms with Crippen molar-refractivity contribution in [1.82, 2.24) is 9.55 Å². The lowest BCUT2D eigenvalue weighted by Crippen LogP contribution is -2.32. The van der Waals surface area contributed by atoms with E-state index >= 15 is 0 Å². The van der Waals surface area contributed by atoms with Crippen LogP contribution in [-0.2, 0) is 16.1 Å². The van der Waals surface area contributed by atoms with Gasteiger partial charge in [0.15, 0.2) is 0 Å². The van der Waals surface area contributed by atoms with Crippen LogP contribution in [0.4, 0.5) is 5.69 Å². The summed E-state index contributed by atoms with van der Waals surface area (Å²) in [6, 6.07) is 5.91. The standard InChI is InChI=1S/C15H15N3O5/c1-9-3-4-10(14(21)23-2)7-11(9)16-13(20)8-18-6-5-12(19)17-15(18)22/h3-7H,8H2,1-2H3,(H,16,20)(H,17,19,22). The predicted octanol–water partition coefficient (Wildman–Crippen LogP) is 0.270. The molecule has 0 unspecified atom stereocenters. The van der Waals surface area contributed by atoms with Gasteiger partial charge >= 0.3 is 11.7 Å². The lowest BCUT2D eigenvalue weighted by molar-refractivity contribution is -0.116. The Morgan fingerprint density at radius 1 is 1.26 bits per heavy atom. The van der Waals surface area contributed by atoms with Crippen LogP contribution in [0.15, 0.2) is 40.1 Å². The average Bonchev–Trinajstić information content (AvgIpc) is 2.51. The first kappa shape index (κ1) is 16.2. The smallest absolute Gasteiger partial charge is 0.337 e. The second-order valence-corrected chi connectivity index (χ2v) is 4.81. The lowest BCUT2D eigenvalue weighted by Gasteiger charge is -2.10. The third-order valence-corrected chi connectivity index (χ3v) is 3.14. The highest BCUT2D eigenvalue weighted by Crippen LogP contribution is 2.17. The fourth-order valence-corrected chi connectivity index (χ4v) is 1.91. The second kappa shape index (κ2) is 6.73. The molecule has 2 rings (SSSR count). The van der Waals surface area contributed by atoms with Gasteiger partial charge < -0.3 is 10.1 Å². The van der Waals surface area contributed by atoms with E-state index < -0.39 is 23.1 Å². The van der Waals surface area contributed by atoms with E-state index in [9.17, 15) is 19.2 Å². The Kier molecular flexibility index (Phi) is 4.75. The van der Waals surface area contributed by atoms with Gasteiger partial charge in [-0.05, 0) is 24.6 Å². The first-order chi connectivity index (χ1) is 10.9. The van der Waals surface area contributed by atoms with E-state index in [4.69, 9.17) is 0 Å². The number of nitrogens with one attached hydrogen (secondary N) is 2. The molecule has 1 aromatic heterocycles. The molecule has 120 valence electrons. The molecule has 0 aliphatic carbocycles. The van der Waals surface area contributed by atoms with Gasteiger partial charge in [0, 0.05) is 18.0 Å². The summed E-state index contributed by atoms with van der Waals surface area (Å²) in [6.45, 7) is 1.50. The van der Waals surface area contributed by atoms with Crippen molar-refractivity contribution in [2.24, 2.45) is 0 Å². The molecule has 2 N–H and O–H groups in total. The molecule has 2 aromatic rings. The van der Waals surface area contributed by atoms with Crippen molar-refractivity contribution in [3.05, 3.63) is 62.4 Å². The van der Waals surface area contributed by atoms with Crippen LogP contribution in [0.5, 0.6) is 0 Å². The lowest BCUT2D eigenvalue weighted by atomic mass is 10.1. The van der Waals surface area contributed by atoms with E-state index in [1.54, 1.807) is 19.1 Å². The number of carbonyl (C=O) groups is 2. The minimum atomic E-state index is -0.673. The van der Waals surface area contributed by atoms with E-state index in [0.29, 0.717) is 11.3 Å². The van der Waals surface area contributed by atoms with E-state index in [1.165, 1.54) is 19.4 Å². The summed E-state index contributed by atoms with van der Waals surface area (Å²) in [5.74, 6) is -0.985. The number of carbonyl (C=O) groups excluding carboxylic acids is 2. The summed E-state index contributed by atoms with van der Waals surface area (Å²) in [6.07, 6.45) is 1.23. The summed E-state index contributed by atoms with van der Waals surface area (Å²) in [7, 11) is 1.27. The Balaban J connectivity index is 2.18. The molecule has 23 heavy (non-hydrogen) atoms. The van der Waals surface area contributed by atoms with Crippen molar-refractivity contribution >= 4 is 17.6 Å². The Hall–Kier alpha value is -3.16. The van der Waals surface area contributed by atoms with E-state index in [0.717, 1.165) is 16.2 Å². The van der Waals surface area contributed by atoms with Gasteiger partial charge in [0.05, 0.1) is 12.7 Å². The van der Waals surface area contributed by atoms with E-state index in [2.05, 4.69) is 15.0 Å². The number of aromatic amines is 1. The molecule has 0 aliphatic rings. The van der Waals surface area contributed by atoms with Crippen molar-refractivity contribution < 1.29 is 14.3 Å². The largest absolute Gasteiger partial charge is 0.465 e. The quantitative estimate of drug-likeness (QED) is 0.787. The summed E-state index contributed by atoms with van der Waals surface area (Å²) >= 11 is 0. The van der Waals surface area contributed by atoms with Crippen LogP contribution >= 0.6 is 0 Å². The van der Waals surface area contributed by atoms with Crippen molar-refractivity contribution in [2.45, 2.75) is 13.5 Å². The van der Waals surface area contributed by atoms with Crippen molar-refractivity contribution in [1.29, 1.82) is 0 Å². The number of hydrogen-bond acceptors (Lipinski definition) is 5. The zero-order chi connectivity index (χ0) is 17.0. The maximum Gasteiger partial charge on any atom is 0.337 e. The number of methoxy groups -OCH3 is 1. The molecule has 0 bridgehead atoms.